The third kappa shape index (κ3) is 4.12. The Hall–Kier alpha value is -3.65. The highest BCUT2D eigenvalue weighted by Gasteiger charge is 2.35. The summed E-state index contributed by atoms with van der Waals surface area (Å²) in [5, 5.41) is 4.63. The van der Waals surface area contributed by atoms with Gasteiger partial charge < -0.3 is 14.2 Å². The molecule has 0 fully saturated rings. The number of furan rings is 2. The van der Waals surface area contributed by atoms with Crippen LogP contribution in [0.2, 0.25) is 0 Å². The third-order valence-corrected chi connectivity index (χ3v) is 5.07. The van der Waals surface area contributed by atoms with Crippen LogP contribution in [0.3, 0.4) is 0 Å². The topological polar surface area (TPSA) is 88.6 Å². The van der Waals surface area contributed by atoms with Crippen molar-refractivity contribution < 1.29 is 18.4 Å². The molecule has 1 N–H and O–H groups in total. The van der Waals surface area contributed by atoms with Crippen molar-refractivity contribution in [3.8, 4) is 0 Å². The van der Waals surface area contributed by atoms with E-state index in [9.17, 15) is 9.59 Å². The molecule has 4 aromatic heterocycles. The van der Waals surface area contributed by atoms with Crippen molar-refractivity contribution in [2.75, 3.05) is 4.90 Å². The second kappa shape index (κ2) is 8.57. The van der Waals surface area contributed by atoms with Gasteiger partial charge in [-0.25, -0.2) is 0 Å². The highest BCUT2D eigenvalue weighted by molar-refractivity contribution is 7.12. The van der Waals surface area contributed by atoms with Gasteiger partial charge in [0.1, 0.15) is 11.5 Å². The molecule has 0 unspecified atom stereocenters. The summed E-state index contributed by atoms with van der Waals surface area (Å²) >= 11 is 1.30. The largest absolute Gasteiger partial charge is 0.467 e. The first kappa shape index (κ1) is 18.7. The van der Waals surface area contributed by atoms with Gasteiger partial charge in [0.05, 0.1) is 35.8 Å². The lowest BCUT2D eigenvalue weighted by Crippen LogP contribution is -2.43. The lowest BCUT2D eigenvalue weighted by atomic mass is 10.1. The minimum atomic E-state index is -1.02. The van der Waals surface area contributed by atoms with E-state index in [2.05, 4.69) is 10.3 Å². The van der Waals surface area contributed by atoms with Gasteiger partial charge in [-0.15, -0.1) is 11.3 Å². The van der Waals surface area contributed by atoms with Crippen molar-refractivity contribution in [3.63, 3.8) is 0 Å². The number of carbonyl (C=O) groups is 2. The molecule has 0 aromatic carbocycles. The standard InChI is InChI=1S/C21H17N3O4S/c25-20(23-14-16-6-2-10-27-16)19(17-7-3-11-28-17)24(15-5-1-9-22-13-15)21(26)18-8-4-12-29-18/h1-13,19H,14H2,(H,23,25)/t19-/m0/s1. The first-order valence-electron chi connectivity index (χ1n) is 8.84. The Balaban J connectivity index is 1.72. The summed E-state index contributed by atoms with van der Waals surface area (Å²) in [6.07, 6.45) is 6.16. The maximum Gasteiger partial charge on any atom is 0.269 e. The average Bonchev–Trinajstić information content (AvgIpc) is 3.53. The molecule has 0 aliphatic heterocycles. The number of nitrogens with zero attached hydrogens (tertiary/aromatic N) is 2. The normalized spacial score (nSPS) is 11.7. The second-order valence-electron chi connectivity index (χ2n) is 6.08. The average molecular weight is 407 g/mol. The Labute approximate surface area is 170 Å². The molecule has 146 valence electrons. The van der Waals surface area contributed by atoms with Crippen molar-refractivity contribution in [2.45, 2.75) is 12.6 Å². The highest BCUT2D eigenvalue weighted by atomic mass is 32.1. The van der Waals surface area contributed by atoms with E-state index in [0.717, 1.165) is 0 Å². The van der Waals surface area contributed by atoms with E-state index in [-0.39, 0.29) is 12.5 Å². The van der Waals surface area contributed by atoms with Crippen LogP contribution in [0.15, 0.2) is 87.7 Å². The lowest BCUT2D eigenvalue weighted by molar-refractivity contribution is -0.123. The lowest BCUT2D eigenvalue weighted by Gasteiger charge is -2.29. The molecule has 2 amide bonds. The van der Waals surface area contributed by atoms with Crippen LogP contribution in [-0.2, 0) is 11.3 Å². The highest BCUT2D eigenvalue weighted by Crippen LogP contribution is 2.30. The number of aromatic nitrogens is 1. The molecule has 0 spiro atoms. The van der Waals surface area contributed by atoms with Crippen LogP contribution in [0.4, 0.5) is 5.69 Å². The van der Waals surface area contributed by atoms with Crippen molar-refractivity contribution >= 4 is 28.8 Å². The predicted octanol–water partition coefficient (Wildman–Crippen LogP) is 4.03. The summed E-state index contributed by atoms with van der Waals surface area (Å²) in [4.78, 5) is 32.6. The Bertz CT molecular complexity index is 1050. The molecule has 0 aliphatic rings. The van der Waals surface area contributed by atoms with E-state index < -0.39 is 11.9 Å². The molecule has 0 saturated carbocycles. The number of hydrogen-bond acceptors (Lipinski definition) is 6. The van der Waals surface area contributed by atoms with Crippen LogP contribution in [0, 0.1) is 0 Å². The fraction of sp³-hybridized carbons (Fsp3) is 0.0952. The summed E-state index contributed by atoms with van der Waals surface area (Å²) in [5.74, 6) is 0.234. The van der Waals surface area contributed by atoms with Crippen molar-refractivity contribution in [1.82, 2.24) is 10.3 Å². The van der Waals surface area contributed by atoms with E-state index in [1.54, 1.807) is 60.9 Å². The second-order valence-corrected chi connectivity index (χ2v) is 7.03. The molecule has 29 heavy (non-hydrogen) atoms. The van der Waals surface area contributed by atoms with E-state index in [1.807, 2.05) is 5.38 Å². The van der Waals surface area contributed by atoms with Crippen molar-refractivity contribution in [3.05, 3.63) is 95.2 Å². The van der Waals surface area contributed by atoms with Gasteiger partial charge in [0.25, 0.3) is 11.8 Å². The predicted molar refractivity (Wildman–Crippen MR) is 107 cm³/mol. The zero-order valence-corrected chi connectivity index (χ0v) is 16.0. The Morgan fingerprint density at radius 3 is 2.59 bits per heavy atom. The van der Waals surface area contributed by atoms with E-state index in [4.69, 9.17) is 8.83 Å². The summed E-state index contributed by atoms with van der Waals surface area (Å²) < 4.78 is 10.8. The van der Waals surface area contributed by atoms with Crippen LogP contribution in [0.5, 0.6) is 0 Å². The Kier molecular flexibility index (Phi) is 5.53. The fourth-order valence-corrected chi connectivity index (χ4v) is 3.56. The number of carbonyl (C=O) groups excluding carboxylic acids is 2. The van der Waals surface area contributed by atoms with Gasteiger partial charge >= 0.3 is 0 Å². The quantitative estimate of drug-likeness (QED) is 0.500. The smallest absolute Gasteiger partial charge is 0.269 e. The molecule has 7 nitrogen and oxygen atoms in total. The molecule has 0 saturated heterocycles. The molecule has 4 rings (SSSR count). The van der Waals surface area contributed by atoms with Gasteiger partial charge in [0.15, 0.2) is 6.04 Å². The zero-order valence-electron chi connectivity index (χ0n) is 15.2. The van der Waals surface area contributed by atoms with Crippen LogP contribution in [0.1, 0.15) is 27.2 Å². The van der Waals surface area contributed by atoms with E-state index >= 15 is 0 Å². The monoisotopic (exact) mass is 407 g/mol. The molecule has 0 radical (unpaired) electrons. The summed E-state index contributed by atoms with van der Waals surface area (Å²) in [6.45, 7) is 0.192. The van der Waals surface area contributed by atoms with Crippen LogP contribution < -0.4 is 10.2 Å². The molecule has 0 bridgehead atoms. The molecule has 1 atom stereocenters. The number of nitrogens with one attached hydrogen (secondary N) is 1. The molecule has 4 aromatic rings. The van der Waals surface area contributed by atoms with E-state index in [0.29, 0.717) is 22.1 Å². The Morgan fingerprint density at radius 1 is 1.07 bits per heavy atom. The molecule has 8 heteroatoms. The SMILES string of the molecule is O=C(NCc1ccco1)[C@H](c1ccco1)N(C(=O)c1cccs1)c1cccnc1. The van der Waals surface area contributed by atoms with Gasteiger partial charge in [-0.05, 0) is 47.8 Å². The maximum absolute atomic E-state index is 13.3. The molecular weight excluding hydrogens is 390 g/mol. The van der Waals surface area contributed by atoms with Gasteiger partial charge in [0, 0.05) is 6.20 Å². The zero-order chi connectivity index (χ0) is 20.1. The fourth-order valence-electron chi connectivity index (χ4n) is 2.90. The summed E-state index contributed by atoms with van der Waals surface area (Å²) in [5.41, 5.74) is 0.487. The first-order valence-corrected chi connectivity index (χ1v) is 9.72. The number of pyridine rings is 1. The molecule has 4 heterocycles. The van der Waals surface area contributed by atoms with Gasteiger partial charge in [-0.2, -0.15) is 0 Å². The number of anilines is 1. The molecule has 0 aliphatic carbocycles. The van der Waals surface area contributed by atoms with Crippen LogP contribution in [0.25, 0.3) is 0 Å². The Morgan fingerprint density at radius 2 is 1.93 bits per heavy atom. The summed E-state index contributed by atoms with van der Waals surface area (Å²) in [6, 6.07) is 12.8. The van der Waals surface area contributed by atoms with Crippen LogP contribution in [-0.4, -0.2) is 16.8 Å². The van der Waals surface area contributed by atoms with E-state index in [1.165, 1.54) is 28.8 Å². The van der Waals surface area contributed by atoms with Gasteiger partial charge in [-0.1, -0.05) is 6.07 Å². The maximum atomic E-state index is 13.3. The third-order valence-electron chi connectivity index (χ3n) is 4.21. The number of rotatable bonds is 7. The van der Waals surface area contributed by atoms with Gasteiger partial charge in [-0.3, -0.25) is 19.5 Å². The first-order chi connectivity index (χ1) is 14.2. The number of hydrogen-bond donors (Lipinski definition) is 1. The van der Waals surface area contributed by atoms with Crippen LogP contribution >= 0.6 is 11.3 Å². The van der Waals surface area contributed by atoms with Crippen molar-refractivity contribution in [1.29, 1.82) is 0 Å². The van der Waals surface area contributed by atoms with Gasteiger partial charge in [0.2, 0.25) is 0 Å². The summed E-state index contributed by atoms with van der Waals surface area (Å²) in [7, 11) is 0. The minimum absolute atomic E-state index is 0.192. The number of thiophene rings is 1. The van der Waals surface area contributed by atoms with Crippen molar-refractivity contribution in [2.24, 2.45) is 0 Å². The number of amides is 2. The molecular formula is C21H17N3O4S. The minimum Gasteiger partial charge on any atom is -0.467 e.